The highest BCUT2D eigenvalue weighted by molar-refractivity contribution is 5.46. The van der Waals surface area contributed by atoms with Gasteiger partial charge >= 0.3 is 0 Å². The highest BCUT2D eigenvalue weighted by Gasteiger charge is 2.44. The summed E-state index contributed by atoms with van der Waals surface area (Å²) in [6.07, 6.45) is 2.18. The summed E-state index contributed by atoms with van der Waals surface area (Å²) in [7, 11) is 1.87. The largest absolute Gasteiger partial charge is 0.486 e. The highest BCUT2D eigenvalue weighted by atomic mass is 16.6. The monoisotopic (exact) mass is 249 g/mol. The van der Waals surface area contributed by atoms with Crippen molar-refractivity contribution in [3.8, 4) is 11.5 Å². The van der Waals surface area contributed by atoms with Crippen molar-refractivity contribution in [2.24, 2.45) is 5.92 Å². The van der Waals surface area contributed by atoms with Crippen molar-refractivity contribution in [2.75, 3.05) is 26.8 Å². The Kier molecular flexibility index (Phi) is 2.92. The third-order valence-corrected chi connectivity index (χ3v) is 3.74. The van der Waals surface area contributed by atoms with Gasteiger partial charge in [0, 0.05) is 6.54 Å². The number of aliphatic hydroxyl groups is 1. The van der Waals surface area contributed by atoms with Crippen LogP contribution in [0.25, 0.3) is 0 Å². The molecule has 2 N–H and O–H groups in total. The van der Waals surface area contributed by atoms with E-state index in [4.69, 9.17) is 9.47 Å². The van der Waals surface area contributed by atoms with E-state index in [1.165, 1.54) is 0 Å². The predicted molar refractivity (Wildman–Crippen MR) is 68.0 cm³/mol. The molecule has 0 amide bonds. The van der Waals surface area contributed by atoms with Crippen LogP contribution in [0.4, 0.5) is 0 Å². The quantitative estimate of drug-likeness (QED) is 0.844. The SMILES string of the molecule is CNCC(O)(c1ccc2c(c1)OCCO2)C1CC1. The minimum atomic E-state index is -0.787. The van der Waals surface area contributed by atoms with Gasteiger partial charge in [-0.25, -0.2) is 0 Å². The van der Waals surface area contributed by atoms with E-state index in [1.54, 1.807) is 0 Å². The third kappa shape index (κ3) is 1.95. The van der Waals surface area contributed by atoms with Crippen LogP contribution in [0.2, 0.25) is 0 Å². The average Bonchev–Trinajstić information content (AvgIpc) is 3.23. The van der Waals surface area contributed by atoms with Crippen LogP contribution in [0.15, 0.2) is 18.2 Å². The first kappa shape index (κ1) is 11.8. The van der Waals surface area contributed by atoms with E-state index in [9.17, 15) is 5.11 Å². The van der Waals surface area contributed by atoms with E-state index in [2.05, 4.69) is 5.32 Å². The van der Waals surface area contributed by atoms with E-state index < -0.39 is 5.60 Å². The molecule has 1 aromatic carbocycles. The fourth-order valence-corrected chi connectivity index (χ4v) is 2.63. The molecule has 1 aliphatic carbocycles. The Balaban J connectivity index is 1.94. The average molecular weight is 249 g/mol. The topological polar surface area (TPSA) is 50.7 Å². The molecule has 4 nitrogen and oxygen atoms in total. The summed E-state index contributed by atoms with van der Waals surface area (Å²) in [5.41, 5.74) is 0.133. The minimum absolute atomic E-state index is 0.354. The number of ether oxygens (including phenoxy) is 2. The van der Waals surface area contributed by atoms with Gasteiger partial charge in [-0.15, -0.1) is 0 Å². The van der Waals surface area contributed by atoms with E-state index in [0.717, 1.165) is 29.9 Å². The second-order valence-corrected chi connectivity index (χ2v) is 5.09. The summed E-state index contributed by atoms with van der Waals surface area (Å²) in [5.74, 6) is 1.87. The molecule has 3 rings (SSSR count). The number of hydrogen-bond donors (Lipinski definition) is 2. The molecular weight excluding hydrogens is 230 g/mol. The third-order valence-electron chi connectivity index (χ3n) is 3.74. The normalized spacial score (nSPS) is 21.4. The molecule has 0 bridgehead atoms. The fraction of sp³-hybridized carbons (Fsp3) is 0.571. The molecule has 1 aromatic rings. The fourth-order valence-electron chi connectivity index (χ4n) is 2.63. The lowest BCUT2D eigenvalue weighted by atomic mass is 9.88. The van der Waals surface area contributed by atoms with Gasteiger partial charge in [-0.2, -0.15) is 0 Å². The Morgan fingerprint density at radius 3 is 2.67 bits per heavy atom. The molecule has 1 fully saturated rings. The number of benzene rings is 1. The van der Waals surface area contributed by atoms with Gasteiger partial charge in [0.25, 0.3) is 0 Å². The van der Waals surface area contributed by atoms with Crippen LogP contribution in [0.5, 0.6) is 11.5 Å². The molecule has 18 heavy (non-hydrogen) atoms. The van der Waals surface area contributed by atoms with E-state index in [-0.39, 0.29) is 0 Å². The number of hydrogen-bond acceptors (Lipinski definition) is 4. The van der Waals surface area contributed by atoms with Gasteiger partial charge in [0.1, 0.15) is 18.8 Å². The van der Waals surface area contributed by atoms with Crippen molar-refractivity contribution in [1.82, 2.24) is 5.32 Å². The first-order chi connectivity index (χ1) is 8.74. The summed E-state index contributed by atoms with van der Waals surface area (Å²) in [6.45, 7) is 1.73. The lowest BCUT2D eigenvalue weighted by molar-refractivity contribution is 0.0148. The molecule has 98 valence electrons. The smallest absolute Gasteiger partial charge is 0.161 e. The van der Waals surface area contributed by atoms with Gasteiger partial charge in [-0.05, 0) is 43.5 Å². The Labute approximate surface area is 107 Å². The Morgan fingerprint density at radius 2 is 2.00 bits per heavy atom. The van der Waals surface area contributed by atoms with Crippen molar-refractivity contribution in [3.63, 3.8) is 0 Å². The zero-order chi connectivity index (χ0) is 12.6. The van der Waals surface area contributed by atoms with Crippen LogP contribution in [0.1, 0.15) is 18.4 Å². The molecular formula is C14H19NO3. The van der Waals surface area contributed by atoms with Gasteiger partial charge in [-0.3, -0.25) is 0 Å². The second-order valence-electron chi connectivity index (χ2n) is 5.09. The van der Waals surface area contributed by atoms with Crippen molar-refractivity contribution >= 4 is 0 Å². The van der Waals surface area contributed by atoms with Crippen molar-refractivity contribution in [1.29, 1.82) is 0 Å². The zero-order valence-electron chi connectivity index (χ0n) is 10.6. The number of rotatable bonds is 4. The summed E-state index contributed by atoms with van der Waals surface area (Å²) in [6, 6.07) is 5.76. The molecule has 4 heteroatoms. The molecule has 1 aliphatic heterocycles. The summed E-state index contributed by atoms with van der Waals surface area (Å²) >= 11 is 0. The number of fused-ring (bicyclic) bond motifs is 1. The van der Waals surface area contributed by atoms with Crippen molar-refractivity contribution in [2.45, 2.75) is 18.4 Å². The van der Waals surface area contributed by atoms with Gasteiger partial charge in [0.05, 0.1) is 0 Å². The van der Waals surface area contributed by atoms with E-state index in [1.807, 2.05) is 25.2 Å². The van der Waals surface area contributed by atoms with Crippen LogP contribution in [-0.4, -0.2) is 31.9 Å². The van der Waals surface area contributed by atoms with Gasteiger partial charge in [0.15, 0.2) is 11.5 Å². The van der Waals surface area contributed by atoms with Gasteiger partial charge < -0.3 is 19.9 Å². The molecule has 1 unspecified atom stereocenters. The maximum absolute atomic E-state index is 10.9. The number of likely N-dealkylation sites (N-methyl/N-ethyl adjacent to an activating group) is 1. The molecule has 2 aliphatic rings. The first-order valence-corrected chi connectivity index (χ1v) is 6.51. The second kappa shape index (κ2) is 4.44. The van der Waals surface area contributed by atoms with E-state index in [0.29, 0.717) is 25.7 Å². The predicted octanol–water partition coefficient (Wildman–Crippen LogP) is 1.27. The van der Waals surface area contributed by atoms with Crippen molar-refractivity contribution in [3.05, 3.63) is 23.8 Å². The lowest BCUT2D eigenvalue weighted by Gasteiger charge is -2.30. The Bertz CT molecular complexity index is 445. The summed E-state index contributed by atoms with van der Waals surface area (Å²) in [4.78, 5) is 0. The van der Waals surface area contributed by atoms with Crippen LogP contribution in [0, 0.1) is 5.92 Å². The van der Waals surface area contributed by atoms with Crippen LogP contribution < -0.4 is 14.8 Å². The summed E-state index contributed by atoms with van der Waals surface area (Å²) in [5, 5.41) is 14.0. The zero-order valence-corrected chi connectivity index (χ0v) is 10.6. The Morgan fingerprint density at radius 1 is 1.28 bits per heavy atom. The highest BCUT2D eigenvalue weighted by Crippen LogP contribution is 2.47. The first-order valence-electron chi connectivity index (χ1n) is 6.51. The van der Waals surface area contributed by atoms with Crippen LogP contribution in [0.3, 0.4) is 0 Å². The number of nitrogens with one attached hydrogen (secondary N) is 1. The Hall–Kier alpha value is -1.26. The molecule has 0 aromatic heterocycles. The van der Waals surface area contributed by atoms with E-state index >= 15 is 0 Å². The molecule has 1 saturated carbocycles. The summed E-state index contributed by atoms with van der Waals surface area (Å²) < 4.78 is 11.1. The van der Waals surface area contributed by atoms with Gasteiger partial charge in [-0.1, -0.05) is 6.07 Å². The molecule has 1 atom stereocenters. The maximum Gasteiger partial charge on any atom is 0.161 e. The van der Waals surface area contributed by atoms with Gasteiger partial charge in [0.2, 0.25) is 0 Å². The molecule has 0 saturated heterocycles. The van der Waals surface area contributed by atoms with Crippen molar-refractivity contribution < 1.29 is 14.6 Å². The van der Waals surface area contributed by atoms with Crippen LogP contribution >= 0.6 is 0 Å². The lowest BCUT2D eigenvalue weighted by Crippen LogP contribution is -2.38. The maximum atomic E-state index is 10.9. The molecule has 0 radical (unpaired) electrons. The minimum Gasteiger partial charge on any atom is -0.486 e. The standard InChI is InChI=1S/C14H19NO3/c1-15-9-14(16,10-2-3-10)11-4-5-12-13(8-11)18-7-6-17-12/h4-5,8,10,15-16H,2-3,6-7,9H2,1H3. The molecule has 0 spiro atoms. The van der Waals surface area contributed by atoms with Crippen LogP contribution in [-0.2, 0) is 5.60 Å². The molecule has 1 heterocycles.